The molecule has 17 heavy (non-hydrogen) atoms. The molecule has 0 radical (unpaired) electrons. The van der Waals surface area contributed by atoms with E-state index in [-0.39, 0.29) is 17.8 Å². The van der Waals surface area contributed by atoms with Crippen molar-refractivity contribution in [3.63, 3.8) is 0 Å². The van der Waals surface area contributed by atoms with Gasteiger partial charge in [0.05, 0.1) is 5.75 Å². The van der Waals surface area contributed by atoms with E-state index in [9.17, 15) is 12.6 Å². The molecule has 1 atom stereocenters. The normalized spacial score (nSPS) is 14.1. The third-order valence-corrected chi connectivity index (χ3v) is 4.52. The Kier molecular flexibility index (Phi) is 9.03. The Morgan fingerprint density at radius 3 is 2.06 bits per heavy atom. The summed E-state index contributed by atoms with van der Waals surface area (Å²) in [6.45, 7) is 4.82. The predicted molar refractivity (Wildman–Crippen MR) is 69.2 cm³/mol. The minimum Gasteiger partial charge on any atom is -0.353 e. The molecule has 0 aromatic rings. The maximum atomic E-state index is 11.5. The molecule has 1 unspecified atom stereocenters. The summed E-state index contributed by atoms with van der Waals surface area (Å²) in [5.74, 6) is 0.553. The fraction of sp³-hybridized carbons (Fsp3) is 1.00. The molecule has 0 heterocycles. The maximum absolute atomic E-state index is 11.5. The van der Waals surface area contributed by atoms with Crippen LogP contribution in [0.5, 0.6) is 0 Å². The minimum atomic E-state index is -3.03. The van der Waals surface area contributed by atoms with Crippen molar-refractivity contribution >= 4 is 20.6 Å². The Morgan fingerprint density at radius 2 is 1.65 bits per heavy atom. The highest BCUT2D eigenvalue weighted by molar-refractivity contribution is 7.92. The first-order valence-corrected chi connectivity index (χ1v) is 9.19. The zero-order valence-corrected chi connectivity index (χ0v) is 12.3. The van der Waals surface area contributed by atoms with E-state index in [2.05, 4.69) is 0 Å². The van der Waals surface area contributed by atoms with Crippen molar-refractivity contribution in [2.24, 2.45) is 0 Å². The summed E-state index contributed by atoms with van der Waals surface area (Å²) in [5.41, 5.74) is 0. The Labute approximate surface area is 106 Å². The van der Waals surface area contributed by atoms with Gasteiger partial charge in [0.2, 0.25) is 0 Å². The van der Waals surface area contributed by atoms with Crippen LogP contribution < -0.4 is 0 Å². The zero-order valence-electron chi connectivity index (χ0n) is 10.7. The van der Waals surface area contributed by atoms with E-state index in [1.165, 1.54) is 0 Å². The van der Waals surface area contributed by atoms with Gasteiger partial charge in [-0.2, -0.15) is 0 Å². The van der Waals surface area contributed by atoms with Crippen LogP contribution in [-0.2, 0) is 30.1 Å². The van der Waals surface area contributed by atoms with Crippen molar-refractivity contribution in [1.29, 1.82) is 0 Å². The van der Waals surface area contributed by atoms with Crippen LogP contribution in [0.4, 0.5) is 0 Å². The third kappa shape index (κ3) is 10.9. The number of sulfone groups is 1. The molecule has 7 heteroatoms. The molecule has 0 amide bonds. The van der Waals surface area contributed by atoms with Crippen molar-refractivity contribution in [3.8, 4) is 0 Å². The standard InChI is InChI=1S/C10H22O5S2/c1-4-14-10(15-5-2)6-7-16(11)8-9-17(3,12)13/h10H,4-9H2,1-3H3. The molecule has 104 valence electrons. The van der Waals surface area contributed by atoms with Crippen molar-refractivity contribution in [3.05, 3.63) is 0 Å². The SMILES string of the molecule is CCOC(CCS(=O)CCS(C)(=O)=O)OCC. The lowest BCUT2D eigenvalue weighted by atomic mass is 10.5. The molecule has 0 aliphatic heterocycles. The summed E-state index contributed by atoms with van der Waals surface area (Å²) >= 11 is 0. The second kappa shape index (κ2) is 9.02. The van der Waals surface area contributed by atoms with E-state index in [0.717, 1.165) is 6.26 Å². The molecule has 0 fully saturated rings. The van der Waals surface area contributed by atoms with E-state index in [1.54, 1.807) is 0 Å². The summed E-state index contributed by atoms with van der Waals surface area (Å²) in [5, 5.41) is 0. The van der Waals surface area contributed by atoms with E-state index in [0.29, 0.717) is 25.4 Å². The molecule has 0 N–H and O–H groups in total. The molecule has 5 nitrogen and oxygen atoms in total. The van der Waals surface area contributed by atoms with Gasteiger partial charge in [-0.15, -0.1) is 0 Å². The topological polar surface area (TPSA) is 69.7 Å². The molecule has 0 aliphatic rings. The van der Waals surface area contributed by atoms with Gasteiger partial charge in [0.25, 0.3) is 0 Å². The molecule has 0 spiro atoms. The molecule has 0 saturated carbocycles. The van der Waals surface area contributed by atoms with Crippen LogP contribution in [0.1, 0.15) is 20.3 Å². The van der Waals surface area contributed by atoms with Crippen LogP contribution in [0.2, 0.25) is 0 Å². The first-order chi connectivity index (χ1) is 7.89. The van der Waals surface area contributed by atoms with Crippen LogP contribution in [0, 0.1) is 0 Å². The number of rotatable bonds is 10. The van der Waals surface area contributed by atoms with Gasteiger partial charge in [0.15, 0.2) is 6.29 Å². The Balaban J connectivity index is 3.87. The molecule has 0 bridgehead atoms. The monoisotopic (exact) mass is 286 g/mol. The number of hydrogen-bond donors (Lipinski definition) is 0. The van der Waals surface area contributed by atoms with Gasteiger partial charge in [-0.05, 0) is 13.8 Å². The van der Waals surface area contributed by atoms with Gasteiger partial charge < -0.3 is 9.47 Å². The van der Waals surface area contributed by atoms with Gasteiger partial charge in [-0.25, -0.2) is 8.42 Å². The summed E-state index contributed by atoms with van der Waals surface area (Å²) in [6, 6.07) is 0. The molecule has 0 aromatic heterocycles. The van der Waals surface area contributed by atoms with Crippen LogP contribution in [0.25, 0.3) is 0 Å². The summed E-state index contributed by atoms with van der Waals surface area (Å²) in [4.78, 5) is 0. The van der Waals surface area contributed by atoms with Crippen molar-refractivity contribution in [1.82, 2.24) is 0 Å². The highest BCUT2D eigenvalue weighted by Gasteiger charge is 2.12. The van der Waals surface area contributed by atoms with Gasteiger partial charge in [-0.1, -0.05) is 0 Å². The quantitative estimate of drug-likeness (QED) is 0.549. The second-order valence-corrected chi connectivity index (χ2v) is 7.56. The van der Waals surface area contributed by atoms with Crippen molar-refractivity contribution in [2.75, 3.05) is 36.7 Å². The highest BCUT2D eigenvalue weighted by atomic mass is 32.2. The van der Waals surface area contributed by atoms with Gasteiger partial charge in [0, 0.05) is 48.2 Å². The lowest BCUT2D eigenvalue weighted by Gasteiger charge is -2.16. The average molecular weight is 286 g/mol. The molecular weight excluding hydrogens is 264 g/mol. The first-order valence-electron chi connectivity index (χ1n) is 5.65. The lowest BCUT2D eigenvalue weighted by Crippen LogP contribution is -2.21. The highest BCUT2D eigenvalue weighted by Crippen LogP contribution is 2.03. The molecule has 0 rings (SSSR count). The van der Waals surface area contributed by atoms with Crippen LogP contribution in [-0.4, -0.2) is 55.6 Å². The third-order valence-electron chi connectivity index (χ3n) is 1.97. The Bertz CT molecular complexity index is 307. The van der Waals surface area contributed by atoms with Crippen LogP contribution in [0.15, 0.2) is 0 Å². The van der Waals surface area contributed by atoms with E-state index in [1.807, 2.05) is 13.8 Å². The lowest BCUT2D eigenvalue weighted by molar-refractivity contribution is -0.136. The van der Waals surface area contributed by atoms with E-state index >= 15 is 0 Å². The largest absolute Gasteiger partial charge is 0.353 e. The fourth-order valence-corrected chi connectivity index (χ4v) is 3.77. The van der Waals surface area contributed by atoms with Gasteiger partial charge in [-0.3, -0.25) is 4.21 Å². The van der Waals surface area contributed by atoms with Crippen LogP contribution >= 0.6 is 0 Å². The first kappa shape index (κ1) is 17.0. The molecule has 0 aliphatic carbocycles. The van der Waals surface area contributed by atoms with Crippen LogP contribution in [0.3, 0.4) is 0 Å². The summed E-state index contributed by atoms with van der Waals surface area (Å²) in [6.07, 6.45) is 1.33. The smallest absolute Gasteiger partial charge is 0.158 e. The minimum absolute atomic E-state index is 0.0342. The van der Waals surface area contributed by atoms with Gasteiger partial charge in [0.1, 0.15) is 9.84 Å². The average Bonchev–Trinajstić information content (AvgIpc) is 2.23. The Hall–Kier alpha value is 0.0200. The second-order valence-electron chi connectivity index (χ2n) is 3.61. The molecular formula is C10H22O5S2. The van der Waals surface area contributed by atoms with Gasteiger partial charge >= 0.3 is 0 Å². The van der Waals surface area contributed by atoms with E-state index in [4.69, 9.17) is 9.47 Å². The summed E-state index contributed by atoms with van der Waals surface area (Å²) < 4.78 is 43.9. The van der Waals surface area contributed by atoms with Crippen molar-refractivity contribution < 1.29 is 22.1 Å². The maximum Gasteiger partial charge on any atom is 0.158 e. The predicted octanol–water partition coefficient (Wildman–Crippen LogP) is 0.569. The zero-order chi connectivity index (χ0) is 13.3. The van der Waals surface area contributed by atoms with E-state index < -0.39 is 20.6 Å². The number of ether oxygens (including phenoxy) is 2. The number of hydrogen-bond acceptors (Lipinski definition) is 5. The fourth-order valence-electron chi connectivity index (χ4n) is 1.16. The Morgan fingerprint density at radius 1 is 1.12 bits per heavy atom. The molecule has 0 aromatic carbocycles. The molecule has 0 saturated heterocycles. The summed E-state index contributed by atoms with van der Waals surface area (Å²) in [7, 11) is -4.17. The van der Waals surface area contributed by atoms with Crippen molar-refractivity contribution in [2.45, 2.75) is 26.6 Å².